The number of rotatable bonds is 5. The molecule has 1 saturated carbocycles. The highest BCUT2D eigenvalue weighted by Crippen LogP contribution is 2.36. The third-order valence-corrected chi connectivity index (χ3v) is 4.94. The summed E-state index contributed by atoms with van der Waals surface area (Å²) >= 11 is 6.17. The van der Waals surface area contributed by atoms with E-state index >= 15 is 0 Å². The second kappa shape index (κ2) is 6.75. The van der Waals surface area contributed by atoms with Crippen molar-refractivity contribution in [2.45, 2.75) is 57.4 Å². The van der Waals surface area contributed by atoms with E-state index in [0.717, 1.165) is 24.3 Å². The van der Waals surface area contributed by atoms with Crippen molar-refractivity contribution in [1.29, 1.82) is 0 Å². The van der Waals surface area contributed by atoms with Crippen LogP contribution >= 0.6 is 11.6 Å². The van der Waals surface area contributed by atoms with E-state index in [4.69, 9.17) is 17.3 Å². The topological polar surface area (TPSA) is 69.2 Å². The molecule has 1 fully saturated rings. The van der Waals surface area contributed by atoms with Crippen LogP contribution in [0.1, 0.15) is 51.0 Å². The highest BCUT2D eigenvalue weighted by atomic mass is 35.5. The van der Waals surface area contributed by atoms with Crippen molar-refractivity contribution in [3.63, 3.8) is 0 Å². The van der Waals surface area contributed by atoms with Gasteiger partial charge in [-0.1, -0.05) is 37.4 Å². The molecule has 1 aliphatic rings. The van der Waals surface area contributed by atoms with Gasteiger partial charge in [-0.05, 0) is 43.6 Å². The van der Waals surface area contributed by atoms with Crippen LogP contribution in [0.3, 0.4) is 0 Å². The van der Waals surface area contributed by atoms with E-state index < -0.39 is 4.92 Å². The van der Waals surface area contributed by atoms with Crippen LogP contribution in [-0.2, 0) is 6.42 Å². The van der Waals surface area contributed by atoms with Gasteiger partial charge < -0.3 is 5.73 Å². The molecule has 2 rings (SSSR count). The maximum atomic E-state index is 10.7. The van der Waals surface area contributed by atoms with E-state index in [1.165, 1.54) is 37.8 Å². The zero-order chi connectivity index (χ0) is 15.5. The molecule has 1 aromatic rings. The first-order valence-electron chi connectivity index (χ1n) is 7.65. The Kier molecular flexibility index (Phi) is 5.22. The van der Waals surface area contributed by atoms with Gasteiger partial charge in [-0.2, -0.15) is 0 Å². The molecule has 0 radical (unpaired) electrons. The number of nitrogens with two attached hydrogens (primary N) is 1. The molecule has 116 valence electrons. The minimum Gasteiger partial charge on any atom is -0.325 e. The molecule has 5 heteroatoms. The summed E-state index contributed by atoms with van der Waals surface area (Å²) in [4.78, 5) is 10.3. The van der Waals surface area contributed by atoms with Gasteiger partial charge in [0, 0.05) is 17.7 Å². The summed E-state index contributed by atoms with van der Waals surface area (Å²) < 4.78 is 0. The van der Waals surface area contributed by atoms with Crippen molar-refractivity contribution in [2.75, 3.05) is 0 Å². The van der Waals surface area contributed by atoms with Gasteiger partial charge in [0.25, 0.3) is 5.69 Å². The molecule has 0 aromatic heterocycles. The van der Waals surface area contributed by atoms with Gasteiger partial charge in [0.05, 0.1) is 9.95 Å². The summed E-state index contributed by atoms with van der Waals surface area (Å²) in [6, 6.07) is 4.67. The second-order valence-corrected chi connectivity index (χ2v) is 6.71. The Morgan fingerprint density at radius 1 is 1.43 bits per heavy atom. The van der Waals surface area contributed by atoms with E-state index in [-0.39, 0.29) is 11.2 Å². The lowest BCUT2D eigenvalue weighted by Gasteiger charge is -2.37. The molecule has 0 spiro atoms. The van der Waals surface area contributed by atoms with Gasteiger partial charge in [-0.25, -0.2) is 0 Å². The van der Waals surface area contributed by atoms with Crippen molar-refractivity contribution in [2.24, 2.45) is 11.7 Å². The first-order valence-corrected chi connectivity index (χ1v) is 8.03. The number of nitrogens with zero attached hydrogens (tertiary/aromatic N) is 1. The van der Waals surface area contributed by atoms with Crippen LogP contribution in [0.4, 0.5) is 5.69 Å². The van der Waals surface area contributed by atoms with Gasteiger partial charge in [-0.3, -0.25) is 10.1 Å². The fourth-order valence-electron chi connectivity index (χ4n) is 3.30. The van der Waals surface area contributed by atoms with Crippen molar-refractivity contribution in [3.8, 4) is 0 Å². The molecule has 0 bridgehead atoms. The molecular formula is C16H23ClN2O2. The Morgan fingerprint density at radius 3 is 2.62 bits per heavy atom. The lowest BCUT2D eigenvalue weighted by atomic mass is 9.73. The van der Waals surface area contributed by atoms with Crippen LogP contribution in [0.5, 0.6) is 0 Å². The molecule has 1 aromatic carbocycles. The highest BCUT2D eigenvalue weighted by Gasteiger charge is 2.32. The molecule has 0 heterocycles. The van der Waals surface area contributed by atoms with Crippen LogP contribution in [0.15, 0.2) is 18.2 Å². The van der Waals surface area contributed by atoms with E-state index in [9.17, 15) is 10.1 Å². The predicted octanol–water partition coefficient (Wildman–Crippen LogP) is 4.48. The number of hydrogen-bond acceptors (Lipinski definition) is 3. The molecule has 0 amide bonds. The van der Waals surface area contributed by atoms with Crippen LogP contribution in [-0.4, -0.2) is 10.5 Å². The average Bonchev–Trinajstić information content (AvgIpc) is 2.44. The fourth-order valence-corrected chi connectivity index (χ4v) is 3.54. The number of nitro groups is 1. The lowest BCUT2D eigenvalue weighted by Crippen LogP contribution is -2.45. The third kappa shape index (κ3) is 4.17. The number of non-ortho nitro benzene ring substituents is 1. The molecule has 0 atom stereocenters. The Hall–Kier alpha value is -1.13. The maximum Gasteiger partial charge on any atom is 0.270 e. The minimum absolute atomic E-state index is 0.0291. The van der Waals surface area contributed by atoms with Crippen LogP contribution < -0.4 is 5.73 Å². The Balaban J connectivity index is 2.03. The number of halogens is 1. The molecule has 0 saturated heterocycles. The van der Waals surface area contributed by atoms with Crippen LogP contribution in [0, 0.1) is 16.0 Å². The van der Waals surface area contributed by atoms with Gasteiger partial charge in [0.2, 0.25) is 0 Å². The Morgan fingerprint density at radius 2 is 2.10 bits per heavy atom. The minimum atomic E-state index is -0.427. The van der Waals surface area contributed by atoms with Crippen molar-refractivity contribution in [3.05, 3.63) is 38.9 Å². The van der Waals surface area contributed by atoms with E-state index in [1.807, 2.05) is 0 Å². The summed E-state index contributed by atoms with van der Waals surface area (Å²) in [5.74, 6) is 0.805. The highest BCUT2D eigenvalue weighted by molar-refractivity contribution is 6.31. The quantitative estimate of drug-likeness (QED) is 0.644. The normalized spacial score (nSPS) is 25.8. The zero-order valence-electron chi connectivity index (χ0n) is 12.5. The summed E-state index contributed by atoms with van der Waals surface area (Å²) in [7, 11) is 0. The smallest absolute Gasteiger partial charge is 0.270 e. The molecular weight excluding hydrogens is 288 g/mol. The molecule has 2 N–H and O–H groups in total. The van der Waals surface area contributed by atoms with Crippen molar-refractivity contribution in [1.82, 2.24) is 0 Å². The van der Waals surface area contributed by atoms with E-state index in [0.29, 0.717) is 11.4 Å². The SMILES string of the molecule is CCCC1CCC(N)(Cc2ccc([N+](=O)[O-])cc2Cl)CC1. The van der Waals surface area contributed by atoms with Crippen molar-refractivity contribution >= 4 is 17.3 Å². The number of hydrogen-bond donors (Lipinski definition) is 1. The van der Waals surface area contributed by atoms with Gasteiger partial charge in [0.1, 0.15) is 0 Å². The first kappa shape index (κ1) is 16.2. The standard InChI is InChI=1S/C16H23ClN2O2/c1-2-3-12-6-8-16(18,9-7-12)11-13-4-5-14(19(20)21)10-15(13)17/h4-5,10,12H,2-3,6-9,11,18H2,1H3. The average molecular weight is 311 g/mol. The number of benzene rings is 1. The molecule has 1 aliphatic carbocycles. The van der Waals surface area contributed by atoms with Gasteiger partial charge >= 0.3 is 0 Å². The Bertz CT molecular complexity index is 511. The third-order valence-electron chi connectivity index (χ3n) is 4.59. The fraction of sp³-hybridized carbons (Fsp3) is 0.625. The molecule has 0 unspecified atom stereocenters. The van der Waals surface area contributed by atoms with Crippen LogP contribution in [0.2, 0.25) is 5.02 Å². The van der Waals surface area contributed by atoms with Crippen molar-refractivity contribution < 1.29 is 4.92 Å². The van der Waals surface area contributed by atoms with E-state index in [1.54, 1.807) is 6.07 Å². The zero-order valence-corrected chi connectivity index (χ0v) is 13.2. The van der Waals surface area contributed by atoms with Gasteiger partial charge in [0.15, 0.2) is 0 Å². The first-order chi connectivity index (χ1) is 9.93. The molecule has 0 aliphatic heterocycles. The molecule has 21 heavy (non-hydrogen) atoms. The van der Waals surface area contributed by atoms with E-state index in [2.05, 4.69) is 6.92 Å². The maximum absolute atomic E-state index is 10.7. The summed E-state index contributed by atoms with van der Waals surface area (Å²) in [6.07, 6.45) is 7.58. The monoisotopic (exact) mass is 310 g/mol. The molecule has 4 nitrogen and oxygen atoms in total. The number of nitro benzene ring substituents is 1. The largest absolute Gasteiger partial charge is 0.325 e. The van der Waals surface area contributed by atoms with Gasteiger partial charge in [-0.15, -0.1) is 0 Å². The van der Waals surface area contributed by atoms with Crippen LogP contribution in [0.25, 0.3) is 0 Å². The summed E-state index contributed by atoms with van der Waals surface area (Å²) in [5, 5.41) is 11.2. The summed E-state index contributed by atoms with van der Waals surface area (Å²) in [6.45, 7) is 2.22. The second-order valence-electron chi connectivity index (χ2n) is 6.30. The predicted molar refractivity (Wildman–Crippen MR) is 85.6 cm³/mol. The lowest BCUT2D eigenvalue weighted by molar-refractivity contribution is -0.384. The Labute approximate surface area is 130 Å². The summed E-state index contributed by atoms with van der Waals surface area (Å²) in [5.41, 5.74) is 7.25.